The highest BCUT2D eigenvalue weighted by Crippen LogP contribution is 2.35. The Balaban J connectivity index is 1.56. The zero-order valence-electron chi connectivity index (χ0n) is 16.5. The van der Waals surface area contributed by atoms with Crippen molar-refractivity contribution in [1.82, 2.24) is 10.3 Å². The Morgan fingerprint density at radius 1 is 1.10 bits per heavy atom. The van der Waals surface area contributed by atoms with Crippen LogP contribution in [0.2, 0.25) is 10.0 Å². The SMILES string of the molecule is CCCOc1c(Cl)cc(C(=O)Nc2nonc2-c2ccc3c(c2)CCCC3)cc1Cl. The quantitative estimate of drug-likeness (QED) is 0.505. The van der Waals surface area contributed by atoms with Crippen LogP contribution in [0.4, 0.5) is 5.82 Å². The summed E-state index contributed by atoms with van der Waals surface area (Å²) >= 11 is 12.5. The molecule has 6 nitrogen and oxygen atoms in total. The van der Waals surface area contributed by atoms with Gasteiger partial charge in [0, 0.05) is 11.1 Å². The minimum absolute atomic E-state index is 0.245. The second kappa shape index (κ2) is 9.06. The number of halogens is 2. The van der Waals surface area contributed by atoms with Crippen molar-refractivity contribution in [3.8, 4) is 17.0 Å². The van der Waals surface area contributed by atoms with Gasteiger partial charge in [-0.1, -0.05) is 42.3 Å². The lowest BCUT2D eigenvalue weighted by atomic mass is 9.90. The van der Waals surface area contributed by atoms with E-state index in [-0.39, 0.29) is 21.4 Å². The number of ether oxygens (including phenoxy) is 1. The summed E-state index contributed by atoms with van der Waals surface area (Å²) in [6, 6.07) is 9.21. The molecule has 0 saturated carbocycles. The zero-order valence-corrected chi connectivity index (χ0v) is 18.0. The van der Waals surface area contributed by atoms with E-state index in [1.165, 1.54) is 36.1 Å². The van der Waals surface area contributed by atoms with E-state index in [4.69, 9.17) is 32.6 Å². The fourth-order valence-corrected chi connectivity index (χ4v) is 4.15. The van der Waals surface area contributed by atoms with E-state index in [9.17, 15) is 4.79 Å². The smallest absolute Gasteiger partial charge is 0.257 e. The monoisotopic (exact) mass is 445 g/mol. The number of aromatic nitrogens is 2. The summed E-state index contributed by atoms with van der Waals surface area (Å²) in [5, 5.41) is 11.1. The van der Waals surface area contributed by atoms with Gasteiger partial charge in [-0.2, -0.15) is 0 Å². The van der Waals surface area contributed by atoms with Gasteiger partial charge in [0.2, 0.25) is 5.82 Å². The number of aryl methyl sites for hydroxylation is 2. The molecule has 1 amide bonds. The molecule has 2 aromatic carbocycles. The van der Waals surface area contributed by atoms with E-state index < -0.39 is 5.91 Å². The molecule has 0 spiro atoms. The molecule has 0 saturated heterocycles. The van der Waals surface area contributed by atoms with Gasteiger partial charge in [0.25, 0.3) is 5.91 Å². The van der Waals surface area contributed by atoms with Crippen LogP contribution in [0.5, 0.6) is 5.75 Å². The van der Waals surface area contributed by atoms with Crippen molar-refractivity contribution in [1.29, 1.82) is 0 Å². The molecule has 0 bridgehead atoms. The number of carbonyl (C=O) groups excluding carboxylic acids is 1. The molecular weight excluding hydrogens is 425 g/mol. The number of rotatable bonds is 6. The van der Waals surface area contributed by atoms with Gasteiger partial charge in [-0.25, -0.2) is 4.63 Å². The van der Waals surface area contributed by atoms with Crippen LogP contribution >= 0.6 is 23.2 Å². The van der Waals surface area contributed by atoms with Crippen LogP contribution in [0.1, 0.15) is 47.7 Å². The van der Waals surface area contributed by atoms with Crippen LogP contribution in [0.25, 0.3) is 11.3 Å². The first-order chi connectivity index (χ1) is 14.6. The Labute approximate surface area is 184 Å². The highest BCUT2D eigenvalue weighted by atomic mass is 35.5. The molecule has 0 aliphatic heterocycles. The molecule has 3 aromatic rings. The van der Waals surface area contributed by atoms with Gasteiger partial charge < -0.3 is 10.1 Å². The third-order valence-corrected chi connectivity index (χ3v) is 5.61. The van der Waals surface area contributed by atoms with E-state index in [2.05, 4.69) is 27.8 Å². The summed E-state index contributed by atoms with van der Waals surface area (Å²) in [6.07, 6.45) is 5.35. The first-order valence-corrected chi connectivity index (χ1v) is 10.7. The number of amides is 1. The molecule has 1 N–H and O–H groups in total. The Bertz CT molecular complexity index is 1060. The highest BCUT2D eigenvalue weighted by molar-refractivity contribution is 6.37. The molecule has 0 atom stereocenters. The summed E-state index contributed by atoms with van der Waals surface area (Å²) in [5.74, 6) is 0.194. The third kappa shape index (κ3) is 4.30. The summed E-state index contributed by atoms with van der Waals surface area (Å²) in [5.41, 5.74) is 4.29. The topological polar surface area (TPSA) is 77.2 Å². The number of fused-ring (bicyclic) bond motifs is 1. The van der Waals surface area contributed by atoms with Crippen LogP contribution in [0.3, 0.4) is 0 Å². The maximum Gasteiger partial charge on any atom is 0.257 e. The highest BCUT2D eigenvalue weighted by Gasteiger charge is 2.20. The minimum atomic E-state index is -0.421. The van der Waals surface area contributed by atoms with Crippen molar-refractivity contribution in [2.75, 3.05) is 11.9 Å². The van der Waals surface area contributed by atoms with E-state index >= 15 is 0 Å². The molecule has 8 heteroatoms. The van der Waals surface area contributed by atoms with Crippen molar-refractivity contribution in [2.24, 2.45) is 0 Å². The molecule has 1 aliphatic carbocycles. The lowest BCUT2D eigenvalue weighted by Gasteiger charge is -2.16. The number of nitrogens with zero attached hydrogens (tertiary/aromatic N) is 2. The number of nitrogens with one attached hydrogen (secondary N) is 1. The standard InChI is InChI=1S/C22H21Cl2N3O3/c1-2-9-29-20-17(23)11-16(12-18(20)24)22(28)25-21-19(26-30-27-21)15-8-7-13-5-3-4-6-14(13)10-15/h7-8,10-12H,2-6,9H2,1H3,(H,25,27,28). The van der Waals surface area contributed by atoms with Crippen LogP contribution in [-0.2, 0) is 12.8 Å². The van der Waals surface area contributed by atoms with E-state index in [0.717, 1.165) is 24.8 Å². The zero-order chi connectivity index (χ0) is 21.1. The summed E-state index contributed by atoms with van der Waals surface area (Å²) in [6.45, 7) is 2.47. The molecule has 156 valence electrons. The Morgan fingerprint density at radius 2 is 1.83 bits per heavy atom. The number of benzene rings is 2. The van der Waals surface area contributed by atoms with Crippen LogP contribution in [0, 0.1) is 0 Å². The number of hydrogen-bond donors (Lipinski definition) is 1. The van der Waals surface area contributed by atoms with E-state index in [1.54, 1.807) is 0 Å². The second-order valence-corrected chi connectivity index (χ2v) is 8.04. The van der Waals surface area contributed by atoms with Crippen molar-refractivity contribution >= 4 is 34.9 Å². The fraction of sp³-hybridized carbons (Fsp3) is 0.318. The van der Waals surface area contributed by atoms with E-state index in [0.29, 0.717) is 18.1 Å². The van der Waals surface area contributed by atoms with Crippen molar-refractivity contribution in [2.45, 2.75) is 39.0 Å². The molecule has 0 unspecified atom stereocenters. The second-order valence-electron chi connectivity index (χ2n) is 7.22. The van der Waals surface area contributed by atoms with Gasteiger partial charge in [0.15, 0.2) is 11.4 Å². The van der Waals surface area contributed by atoms with Gasteiger partial charge in [-0.05, 0) is 71.7 Å². The first kappa shape index (κ1) is 20.7. The molecule has 0 radical (unpaired) electrons. The van der Waals surface area contributed by atoms with Crippen molar-refractivity contribution in [3.63, 3.8) is 0 Å². The molecule has 1 aromatic heterocycles. The van der Waals surface area contributed by atoms with Gasteiger partial charge in [-0.15, -0.1) is 0 Å². The number of anilines is 1. The molecule has 0 fully saturated rings. The normalized spacial score (nSPS) is 13.0. The van der Waals surface area contributed by atoms with Gasteiger partial charge >= 0.3 is 0 Å². The number of hydrogen-bond acceptors (Lipinski definition) is 5. The van der Waals surface area contributed by atoms with Gasteiger partial charge in [-0.3, -0.25) is 4.79 Å². The summed E-state index contributed by atoms with van der Waals surface area (Å²) in [4.78, 5) is 12.8. The molecule has 4 rings (SSSR count). The Hall–Kier alpha value is -2.57. The Morgan fingerprint density at radius 3 is 2.57 bits per heavy atom. The lowest BCUT2D eigenvalue weighted by Crippen LogP contribution is -2.13. The van der Waals surface area contributed by atoms with Crippen LogP contribution in [-0.4, -0.2) is 22.8 Å². The van der Waals surface area contributed by atoms with Gasteiger partial charge in [0.1, 0.15) is 0 Å². The summed E-state index contributed by atoms with van der Waals surface area (Å²) in [7, 11) is 0. The average molecular weight is 446 g/mol. The molecule has 1 aliphatic rings. The van der Waals surface area contributed by atoms with Crippen LogP contribution in [0.15, 0.2) is 35.0 Å². The predicted molar refractivity (Wildman–Crippen MR) is 117 cm³/mol. The largest absolute Gasteiger partial charge is 0.490 e. The third-order valence-electron chi connectivity index (χ3n) is 5.05. The van der Waals surface area contributed by atoms with Crippen molar-refractivity contribution in [3.05, 3.63) is 57.1 Å². The van der Waals surface area contributed by atoms with Crippen LogP contribution < -0.4 is 10.1 Å². The summed E-state index contributed by atoms with van der Waals surface area (Å²) < 4.78 is 10.5. The molecule has 1 heterocycles. The lowest BCUT2D eigenvalue weighted by molar-refractivity contribution is 0.102. The van der Waals surface area contributed by atoms with Gasteiger partial charge in [0.05, 0.1) is 16.7 Å². The molecule has 30 heavy (non-hydrogen) atoms. The fourth-order valence-electron chi connectivity index (χ4n) is 3.55. The van der Waals surface area contributed by atoms with E-state index in [1.807, 2.05) is 13.0 Å². The maximum absolute atomic E-state index is 12.8. The molecular formula is C22H21Cl2N3O3. The predicted octanol–water partition coefficient (Wildman–Crippen LogP) is 5.96. The Kier molecular flexibility index (Phi) is 6.25. The minimum Gasteiger partial charge on any atom is -0.490 e. The average Bonchev–Trinajstić information content (AvgIpc) is 3.20. The first-order valence-electron chi connectivity index (χ1n) is 9.94. The maximum atomic E-state index is 12.8. The van der Waals surface area contributed by atoms with Crippen molar-refractivity contribution < 1.29 is 14.2 Å². The number of carbonyl (C=O) groups is 1.